The molecule has 3 N–H and O–H groups in total. The van der Waals surface area contributed by atoms with Gasteiger partial charge in [0.15, 0.2) is 0 Å². The molecule has 5 nitrogen and oxygen atoms in total. The summed E-state index contributed by atoms with van der Waals surface area (Å²) in [6.07, 6.45) is 3.13. The molecule has 1 saturated heterocycles. The molecule has 0 aromatic heterocycles. The third-order valence-electron chi connectivity index (χ3n) is 4.68. The van der Waals surface area contributed by atoms with Crippen LogP contribution in [0.15, 0.2) is 0 Å². The summed E-state index contributed by atoms with van der Waals surface area (Å²) in [6, 6.07) is 0.0191. The van der Waals surface area contributed by atoms with Crippen molar-refractivity contribution >= 4 is 5.91 Å². The molecule has 0 aromatic rings. The molecule has 1 heterocycles. The molecular formula is C15H29N3O2. The first-order chi connectivity index (χ1) is 9.60. The molecule has 0 bridgehead atoms. The normalized spacial score (nSPS) is 35.8. The maximum Gasteiger partial charge on any atom is 0.224 e. The van der Waals surface area contributed by atoms with Crippen molar-refractivity contribution in [1.29, 1.82) is 0 Å². The number of morpholine rings is 1. The SMILES string of the molecule is CCN1CCOC(CNC(=O)C2CC(C)CCC2N)C1. The van der Waals surface area contributed by atoms with E-state index < -0.39 is 0 Å². The Morgan fingerprint density at radius 2 is 2.25 bits per heavy atom. The fourth-order valence-corrected chi connectivity index (χ4v) is 3.24. The molecule has 116 valence electrons. The van der Waals surface area contributed by atoms with Crippen molar-refractivity contribution in [3.05, 3.63) is 0 Å². The number of hydrogen-bond acceptors (Lipinski definition) is 4. The molecule has 1 amide bonds. The van der Waals surface area contributed by atoms with E-state index in [4.69, 9.17) is 10.5 Å². The van der Waals surface area contributed by atoms with Gasteiger partial charge in [-0.1, -0.05) is 13.8 Å². The number of carbonyl (C=O) groups excluding carboxylic acids is 1. The van der Waals surface area contributed by atoms with Gasteiger partial charge < -0.3 is 15.8 Å². The molecule has 2 aliphatic rings. The number of likely N-dealkylation sites (N-methyl/N-ethyl adjacent to an activating group) is 1. The molecule has 5 heteroatoms. The minimum Gasteiger partial charge on any atom is -0.374 e. The van der Waals surface area contributed by atoms with Crippen molar-refractivity contribution in [1.82, 2.24) is 10.2 Å². The van der Waals surface area contributed by atoms with Crippen molar-refractivity contribution in [3.8, 4) is 0 Å². The van der Waals surface area contributed by atoms with Gasteiger partial charge in [-0.15, -0.1) is 0 Å². The van der Waals surface area contributed by atoms with E-state index in [1.54, 1.807) is 0 Å². The van der Waals surface area contributed by atoms with E-state index in [1.165, 1.54) is 0 Å². The first-order valence-electron chi connectivity index (χ1n) is 7.97. The van der Waals surface area contributed by atoms with E-state index in [1.807, 2.05) is 0 Å². The van der Waals surface area contributed by atoms with Gasteiger partial charge in [0.1, 0.15) is 0 Å². The minimum absolute atomic E-state index is 0.0191. The molecule has 4 atom stereocenters. The highest BCUT2D eigenvalue weighted by Gasteiger charge is 2.31. The minimum atomic E-state index is -0.0235. The Hall–Kier alpha value is -0.650. The van der Waals surface area contributed by atoms with Crippen LogP contribution < -0.4 is 11.1 Å². The Bertz CT molecular complexity index is 324. The number of carbonyl (C=O) groups is 1. The molecule has 2 fully saturated rings. The molecule has 1 aliphatic carbocycles. The Morgan fingerprint density at radius 3 is 3.00 bits per heavy atom. The van der Waals surface area contributed by atoms with E-state index in [0.717, 1.165) is 45.5 Å². The number of nitrogens with one attached hydrogen (secondary N) is 1. The van der Waals surface area contributed by atoms with Crippen LogP contribution in [0.1, 0.15) is 33.1 Å². The lowest BCUT2D eigenvalue weighted by Gasteiger charge is -2.34. The van der Waals surface area contributed by atoms with Crippen LogP contribution in [0.25, 0.3) is 0 Å². The highest BCUT2D eigenvalue weighted by molar-refractivity contribution is 5.79. The summed E-state index contributed by atoms with van der Waals surface area (Å²) in [4.78, 5) is 14.6. The summed E-state index contributed by atoms with van der Waals surface area (Å²) in [5.74, 6) is 0.693. The lowest BCUT2D eigenvalue weighted by Crippen LogP contribution is -2.50. The predicted molar refractivity (Wildman–Crippen MR) is 79.3 cm³/mol. The molecule has 2 rings (SSSR count). The first-order valence-corrected chi connectivity index (χ1v) is 7.97. The second-order valence-corrected chi connectivity index (χ2v) is 6.32. The van der Waals surface area contributed by atoms with Crippen LogP contribution >= 0.6 is 0 Å². The molecule has 4 unspecified atom stereocenters. The Balaban J connectivity index is 1.76. The van der Waals surface area contributed by atoms with E-state index in [0.29, 0.717) is 12.5 Å². The summed E-state index contributed by atoms with van der Waals surface area (Å²) >= 11 is 0. The fourth-order valence-electron chi connectivity index (χ4n) is 3.24. The molecule has 0 spiro atoms. The Kier molecular flexibility index (Phi) is 5.81. The Morgan fingerprint density at radius 1 is 1.45 bits per heavy atom. The van der Waals surface area contributed by atoms with Crippen LogP contribution in [-0.2, 0) is 9.53 Å². The maximum atomic E-state index is 12.3. The van der Waals surface area contributed by atoms with Gasteiger partial charge in [-0.25, -0.2) is 0 Å². The Labute approximate surface area is 122 Å². The highest BCUT2D eigenvalue weighted by Crippen LogP contribution is 2.28. The standard InChI is InChI=1S/C15H29N3O2/c1-3-18-6-7-20-12(10-18)9-17-15(19)13-8-11(2)4-5-14(13)16/h11-14H,3-10,16H2,1-2H3,(H,17,19). The highest BCUT2D eigenvalue weighted by atomic mass is 16.5. The van der Waals surface area contributed by atoms with Crippen molar-refractivity contribution in [2.24, 2.45) is 17.6 Å². The molecule has 0 radical (unpaired) electrons. The average molecular weight is 283 g/mol. The summed E-state index contributed by atoms with van der Waals surface area (Å²) in [6.45, 7) is 8.66. The summed E-state index contributed by atoms with van der Waals surface area (Å²) < 4.78 is 5.71. The lowest BCUT2D eigenvalue weighted by molar-refractivity contribution is -0.128. The monoisotopic (exact) mass is 283 g/mol. The van der Waals surface area contributed by atoms with Crippen LogP contribution in [-0.4, -0.2) is 55.7 Å². The van der Waals surface area contributed by atoms with Gasteiger partial charge in [-0.05, 0) is 31.7 Å². The third-order valence-corrected chi connectivity index (χ3v) is 4.68. The summed E-state index contributed by atoms with van der Waals surface area (Å²) in [7, 11) is 0. The fraction of sp³-hybridized carbons (Fsp3) is 0.933. The average Bonchev–Trinajstić information content (AvgIpc) is 2.47. The molecule has 0 aromatic carbocycles. The van der Waals surface area contributed by atoms with Gasteiger partial charge in [-0.3, -0.25) is 9.69 Å². The molecule has 1 saturated carbocycles. The lowest BCUT2D eigenvalue weighted by atomic mass is 9.79. The third kappa shape index (κ3) is 4.17. The van der Waals surface area contributed by atoms with Crippen LogP contribution in [0.5, 0.6) is 0 Å². The van der Waals surface area contributed by atoms with Gasteiger partial charge in [0.05, 0.1) is 18.6 Å². The number of amides is 1. The van der Waals surface area contributed by atoms with E-state index in [9.17, 15) is 4.79 Å². The van der Waals surface area contributed by atoms with Crippen molar-refractivity contribution in [2.75, 3.05) is 32.8 Å². The van der Waals surface area contributed by atoms with Gasteiger partial charge in [-0.2, -0.15) is 0 Å². The van der Waals surface area contributed by atoms with E-state index >= 15 is 0 Å². The zero-order valence-electron chi connectivity index (χ0n) is 12.8. The predicted octanol–water partition coefficient (Wildman–Crippen LogP) is 0.587. The number of rotatable bonds is 4. The number of nitrogens with zero attached hydrogens (tertiary/aromatic N) is 1. The summed E-state index contributed by atoms with van der Waals surface area (Å²) in [5, 5.41) is 3.05. The quantitative estimate of drug-likeness (QED) is 0.792. The zero-order chi connectivity index (χ0) is 14.5. The number of nitrogens with two attached hydrogens (primary N) is 1. The van der Waals surface area contributed by atoms with Crippen LogP contribution in [0.2, 0.25) is 0 Å². The van der Waals surface area contributed by atoms with Crippen molar-refractivity contribution in [3.63, 3.8) is 0 Å². The second-order valence-electron chi connectivity index (χ2n) is 6.32. The van der Waals surface area contributed by atoms with Gasteiger partial charge in [0, 0.05) is 25.7 Å². The van der Waals surface area contributed by atoms with Gasteiger partial charge >= 0.3 is 0 Å². The van der Waals surface area contributed by atoms with Crippen LogP contribution in [0.3, 0.4) is 0 Å². The number of ether oxygens (including phenoxy) is 1. The van der Waals surface area contributed by atoms with Crippen LogP contribution in [0, 0.1) is 11.8 Å². The first kappa shape index (κ1) is 15.7. The van der Waals surface area contributed by atoms with Crippen molar-refractivity contribution < 1.29 is 9.53 Å². The second kappa shape index (κ2) is 7.38. The topological polar surface area (TPSA) is 67.6 Å². The van der Waals surface area contributed by atoms with Gasteiger partial charge in [0.25, 0.3) is 0 Å². The molecular weight excluding hydrogens is 254 g/mol. The largest absolute Gasteiger partial charge is 0.374 e. The van der Waals surface area contributed by atoms with Gasteiger partial charge in [0.2, 0.25) is 5.91 Å². The summed E-state index contributed by atoms with van der Waals surface area (Å²) in [5.41, 5.74) is 6.09. The smallest absolute Gasteiger partial charge is 0.224 e. The maximum absolute atomic E-state index is 12.3. The van der Waals surface area contributed by atoms with E-state index in [2.05, 4.69) is 24.1 Å². The molecule has 1 aliphatic heterocycles. The van der Waals surface area contributed by atoms with E-state index in [-0.39, 0.29) is 24.0 Å². The number of hydrogen-bond donors (Lipinski definition) is 2. The van der Waals surface area contributed by atoms with Crippen LogP contribution in [0.4, 0.5) is 0 Å². The molecule has 20 heavy (non-hydrogen) atoms. The van der Waals surface area contributed by atoms with Crippen molar-refractivity contribution in [2.45, 2.75) is 45.3 Å². The zero-order valence-corrected chi connectivity index (χ0v) is 12.8.